The first-order chi connectivity index (χ1) is 16.0. The molecule has 0 aliphatic heterocycles. The van der Waals surface area contributed by atoms with E-state index in [0.29, 0.717) is 10.8 Å². The van der Waals surface area contributed by atoms with Gasteiger partial charge in [0.05, 0.1) is 0 Å². The molecule has 0 saturated heterocycles. The molecule has 5 atom stereocenters. The van der Waals surface area contributed by atoms with Gasteiger partial charge in [-0.25, -0.2) is 0 Å². The Balaban J connectivity index is 0.000000243. The summed E-state index contributed by atoms with van der Waals surface area (Å²) in [6, 6.07) is 0. The Morgan fingerprint density at radius 1 is 0.647 bits per heavy atom. The van der Waals surface area contributed by atoms with Gasteiger partial charge in [-0.1, -0.05) is 133 Å². The Kier molecular flexibility index (Phi) is 15.0. The van der Waals surface area contributed by atoms with Crippen molar-refractivity contribution in [2.45, 2.75) is 172 Å². The van der Waals surface area contributed by atoms with Crippen molar-refractivity contribution in [1.29, 1.82) is 0 Å². The molecule has 4 aliphatic carbocycles. The van der Waals surface area contributed by atoms with Crippen molar-refractivity contribution in [2.75, 3.05) is 0 Å². The maximum atomic E-state index is 2.46. The molecule has 0 N–H and O–H groups in total. The van der Waals surface area contributed by atoms with E-state index in [1.54, 1.807) is 25.7 Å². The van der Waals surface area contributed by atoms with Crippen molar-refractivity contribution in [3.8, 4) is 0 Å². The third-order valence-electron chi connectivity index (χ3n) is 10.0. The van der Waals surface area contributed by atoms with E-state index in [2.05, 4.69) is 69.2 Å². The van der Waals surface area contributed by atoms with Crippen LogP contribution in [0.15, 0.2) is 0 Å². The zero-order chi connectivity index (χ0) is 25.8. The van der Waals surface area contributed by atoms with Crippen molar-refractivity contribution >= 4 is 0 Å². The van der Waals surface area contributed by atoms with E-state index < -0.39 is 0 Å². The average Bonchev–Trinajstić information content (AvgIpc) is 3.42. The van der Waals surface area contributed by atoms with Gasteiger partial charge in [0.15, 0.2) is 0 Å². The Bertz CT molecular complexity index is 484. The minimum Gasteiger partial charge on any atom is -0.0656 e. The van der Waals surface area contributed by atoms with Crippen LogP contribution in [0.2, 0.25) is 0 Å². The second kappa shape index (κ2) is 16.0. The van der Waals surface area contributed by atoms with Gasteiger partial charge < -0.3 is 0 Å². The molecule has 0 aromatic rings. The normalized spacial score (nSPS) is 37.9. The molecule has 0 radical (unpaired) electrons. The molecule has 2 bridgehead atoms. The fourth-order valence-corrected chi connectivity index (χ4v) is 8.35. The molecule has 0 amide bonds. The van der Waals surface area contributed by atoms with E-state index >= 15 is 0 Å². The Labute approximate surface area is 218 Å². The van der Waals surface area contributed by atoms with Gasteiger partial charge in [0.1, 0.15) is 0 Å². The summed E-state index contributed by atoms with van der Waals surface area (Å²) < 4.78 is 0. The van der Waals surface area contributed by atoms with Crippen LogP contribution in [-0.4, -0.2) is 0 Å². The molecular formula is C34H68. The van der Waals surface area contributed by atoms with Crippen molar-refractivity contribution < 1.29 is 0 Å². The second-order valence-electron chi connectivity index (χ2n) is 14.3. The van der Waals surface area contributed by atoms with Crippen LogP contribution in [-0.2, 0) is 0 Å². The first kappa shape index (κ1) is 32.0. The van der Waals surface area contributed by atoms with E-state index in [-0.39, 0.29) is 0 Å². The monoisotopic (exact) mass is 477 g/mol. The largest absolute Gasteiger partial charge is 0.0656 e. The summed E-state index contributed by atoms with van der Waals surface area (Å²) in [5, 5.41) is 0. The molecule has 0 heterocycles. The van der Waals surface area contributed by atoms with Gasteiger partial charge in [-0.15, -0.1) is 0 Å². The molecule has 204 valence electrons. The van der Waals surface area contributed by atoms with Crippen molar-refractivity contribution in [1.82, 2.24) is 0 Å². The summed E-state index contributed by atoms with van der Waals surface area (Å²) >= 11 is 0. The van der Waals surface area contributed by atoms with Gasteiger partial charge in [-0.3, -0.25) is 0 Å². The SMILES string of the molecule is CCC.CCC1(C)CC(C)CC(C)(C)C1.CCC1CC2CCC1C2.CCC1CCC(CC)CC1. The lowest BCUT2D eigenvalue weighted by molar-refractivity contribution is 0.0582. The summed E-state index contributed by atoms with van der Waals surface area (Å²) in [4.78, 5) is 0. The molecule has 0 nitrogen and oxygen atoms in total. The van der Waals surface area contributed by atoms with Gasteiger partial charge >= 0.3 is 0 Å². The van der Waals surface area contributed by atoms with Gasteiger partial charge in [0, 0.05) is 0 Å². The standard InChI is InChI=1S/C12H24.C10H20.C9H16.C3H8/c1-6-12(5)8-10(2)7-11(3,4)9-12;1-3-9-5-7-10(4-2)8-6-9;1-2-8-5-7-3-4-9(8)6-7;1-3-2/h10H,6-9H2,1-5H3;9-10H,3-8H2,1-2H3;7-9H,2-6H2,1H3;3H2,1-2H3. The van der Waals surface area contributed by atoms with Crippen LogP contribution in [0, 0.1) is 46.3 Å². The van der Waals surface area contributed by atoms with Gasteiger partial charge in [-0.2, -0.15) is 0 Å². The van der Waals surface area contributed by atoms with Crippen LogP contribution >= 0.6 is 0 Å². The highest BCUT2D eigenvalue weighted by molar-refractivity contribution is 4.90. The zero-order valence-electron chi connectivity index (χ0n) is 25.8. The molecule has 4 fully saturated rings. The second-order valence-corrected chi connectivity index (χ2v) is 14.3. The highest BCUT2D eigenvalue weighted by atomic mass is 14.4. The topological polar surface area (TPSA) is 0 Å². The molecule has 0 spiro atoms. The Morgan fingerprint density at radius 2 is 1.18 bits per heavy atom. The van der Waals surface area contributed by atoms with Crippen LogP contribution in [0.1, 0.15) is 172 Å². The minimum atomic E-state index is 0.586. The molecule has 0 heteroatoms. The van der Waals surface area contributed by atoms with Crippen molar-refractivity contribution in [3.63, 3.8) is 0 Å². The summed E-state index contributed by atoms with van der Waals surface area (Å²) in [6.07, 6.45) is 23.4. The predicted octanol–water partition coefficient (Wildman–Crippen LogP) is 12.1. The van der Waals surface area contributed by atoms with Crippen molar-refractivity contribution in [3.05, 3.63) is 0 Å². The molecule has 4 aliphatic rings. The van der Waals surface area contributed by atoms with Gasteiger partial charge in [-0.05, 0) is 84.9 Å². The molecular weight excluding hydrogens is 408 g/mol. The van der Waals surface area contributed by atoms with Gasteiger partial charge in [0.25, 0.3) is 0 Å². The quantitative estimate of drug-likeness (QED) is 0.378. The van der Waals surface area contributed by atoms with Crippen LogP contribution in [0.25, 0.3) is 0 Å². The van der Waals surface area contributed by atoms with Crippen LogP contribution in [0.4, 0.5) is 0 Å². The number of hydrogen-bond acceptors (Lipinski definition) is 0. The van der Waals surface area contributed by atoms with E-state index in [1.807, 2.05) is 0 Å². The van der Waals surface area contributed by atoms with Crippen molar-refractivity contribution in [2.24, 2.45) is 46.3 Å². The maximum Gasteiger partial charge on any atom is -0.0321 e. The van der Waals surface area contributed by atoms with E-state index in [4.69, 9.17) is 0 Å². The minimum absolute atomic E-state index is 0.586. The third-order valence-corrected chi connectivity index (χ3v) is 10.0. The molecule has 4 saturated carbocycles. The zero-order valence-corrected chi connectivity index (χ0v) is 25.8. The maximum absolute atomic E-state index is 2.46. The first-order valence-electron chi connectivity index (χ1n) is 16.0. The van der Waals surface area contributed by atoms with Crippen LogP contribution in [0.3, 0.4) is 0 Å². The summed E-state index contributed by atoms with van der Waals surface area (Å²) in [6.45, 7) is 23.3. The van der Waals surface area contributed by atoms with E-state index in [1.165, 1.54) is 77.0 Å². The molecule has 0 aromatic heterocycles. The smallest absolute Gasteiger partial charge is 0.0321 e. The molecule has 0 aromatic carbocycles. The fraction of sp³-hybridized carbons (Fsp3) is 1.00. The van der Waals surface area contributed by atoms with E-state index in [0.717, 1.165) is 35.5 Å². The first-order valence-corrected chi connectivity index (χ1v) is 16.0. The average molecular weight is 477 g/mol. The number of hydrogen-bond donors (Lipinski definition) is 0. The number of fused-ring (bicyclic) bond motifs is 2. The highest BCUT2D eigenvalue weighted by Gasteiger charge is 2.39. The summed E-state index contributed by atoms with van der Waals surface area (Å²) in [5.41, 5.74) is 1.21. The lowest BCUT2D eigenvalue weighted by atomic mass is 9.60. The lowest BCUT2D eigenvalue weighted by Crippen LogP contribution is -2.34. The fourth-order valence-electron chi connectivity index (χ4n) is 8.35. The molecule has 4 rings (SSSR count). The third kappa shape index (κ3) is 11.4. The number of rotatable bonds is 4. The highest BCUT2D eigenvalue weighted by Crippen LogP contribution is 2.50. The predicted molar refractivity (Wildman–Crippen MR) is 156 cm³/mol. The lowest BCUT2D eigenvalue weighted by Gasteiger charge is -2.45. The Morgan fingerprint density at radius 3 is 1.47 bits per heavy atom. The summed E-state index contributed by atoms with van der Waals surface area (Å²) in [7, 11) is 0. The Hall–Kier alpha value is 0. The molecule has 5 unspecified atom stereocenters. The van der Waals surface area contributed by atoms with Crippen LogP contribution in [0.5, 0.6) is 0 Å². The summed E-state index contributed by atoms with van der Waals surface area (Å²) in [5.74, 6) is 6.51. The molecule has 34 heavy (non-hydrogen) atoms. The van der Waals surface area contributed by atoms with E-state index in [9.17, 15) is 0 Å². The van der Waals surface area contributed by atoms with Crippen LogP contribution < -0.4 is 0 Å². The van der Waals surface area contributed by atoms with Gasteiger partial charge in [0.2, 0.25) is 0 Å².